The van der Waals surface area contributed by atoms with Crippen LogP contribution in [-0.4, -0.2) is 62.0 Å². The van der Waals surface area contributed by atoms with Crippen molar-refractivity contribution in [3.05, 3.63) is 54.3 Å². The number of halogens is 1. The summed E-state index contributed by atoms with van der Waals surface area (Å²) < 4.78 is 19.5. The van der Waals surface area contributed by atoms with Gasteiger partial charge in [0.2, 0.25) is 0 Å². The van der Waals surface area contributed by atoms with Crippen molar-refractivity contribution in [1.29, 1.82) is 0 Å². The zero-order valence-electron chi connectivity index (χ0n) is 16.8. The van der Waals surface area contributed by atoms with E-state index in [9.17, 15) is 14.3 Å². The van der Waals surface area contributed by atoms with Crippen molar-refractivity contribution < 1.29 is 19.0 Å². The molecular weight excluding hydrogens is 373 g/mol. The largest absolute Gasteiger partial charge is 0.492 e. The third-order valence-corrected chi connectivity index (χ3v) is 5.11. The van der Waals surface area contributed by atoms with E-state index < -0.39 is 6.09 Å². The molecule has 1 saturated heterocycles. The third-order valence-electron chi connectivity index (χ3n) is 5.11. The quantitative estimate of drug-likeness (QED) is 0.727. The molecule has 6 nitrogen and oxygen atoms in total. The fourth-order valence-electron chi connectivity index (χ4n) is 3.65. The van der Waals surface area contributed by atoms with Crippen molar-refractivity contribution in [2.24, 2.45) is 0 Å². The first-order valence-electron chi connectivity index (χ1n) is 10.0. The lowest BCUT2D eigenvalue weighted by atomic mass is 10.2. The first-order valence-corrected chi connectivity index (χ1v) is 10.0. The van der Waals surface area contributed by atoms with Gasteiger partial charge in [0.1, 0.15) is 11.6 Å². The summed E-state index contributed by atoms with van der Waals surface area (Å²) >= 11 is 0. The number of carbonyl (C=O) groups is 1. The van der Waals surface area contributed by atoms with Gasteiger partial charge in [-0.3, -0.25) is 9.80 Å². The van der Waals surface area contributed by atoms with Crippen LogP contribution in [0.5, 0.6) is 5.75 Å². The molecule has 1 heterocycles. The van der Waals surface area contributed by atoms with E-state index in [1.165, 1.54) is 11.0 Å². The van der Waals surface area contributed by atoms with E-state index in [0.29, 0.717) is 36.7 Å². The van der Waals surface area contributed by atoms with Gasteiger partial charge in [-0.05, 0) is 44.2 Å². The van der Waals surface area contributed by atoms with Gasteiger partial charge in [-0.25, -0.2) is 9.18 Å². The monoisotopic (exact) mass is 401 g/mol. The molecule has 156 valence electrons. The number of nitrogens with zero attached hydrogens (tertiary/aromatic N) is 3. The first kappa shape index (κ1) is 20.9. The van der Waals surface area contributed by atoms with Gasteiger partial charge in [0.25, 0.3) is 0 Å². The van der Waals surface area contributed by atoms with Crippen LogP contribution < -0.4 is 14.5 Å². The Hall–Kier alpha value is -2.80. The maximum Gasteiger partial charge on any atom is 0.411 e. The molecule has 0 saturated carbocycles. The van der Waals surface area contributed by atoms with Crippen LogP contribution in [0.2, 0.25) is 0 Å². The number of para-hydroxylation sites is 3. The number of ether oxygens (including phenoxy) is 1. The second kappa shape index (κ2) is 10.1. The second-order valence-electron chi connectivity index (χ2n) is 6.97. The highest BCUT2D eigenvalue weighted by molar-refractivity contribution is 5.88. The first-order chi connectivity index (χ1) is 14.1. The van der Waals surface area contributed by atoms with Crippen molar-refractivity contribution in [3.8, 4) is 5.75 Å². The molecule has 3 rings (SSSR count). The molecule has 1 N–H and O–H groups in total. The zero-order valence-corrected chi connectivity index (χ0v) is 16.8. The van der Waals surface area contributed by atoms with E-state index in [2.05, 4.69) is 9.80 Å². The Bertz CT molecular complexity index is 809. The molecule has 2 aromatic carbocycles. The zero-order chi connectivity index (χ0) is 20.6. The minimum Gasteiger partial charge on any atom is -0.492 e. The minimum atomic E-state index is -0.985. The molecule has 0 atom stereocenters. The highest BCUT2D eigenvalue weighted by Gasteiger charge is 2.21. The summed E-state index contributed by atoms with van der Waals surface area (Å²) in [4.78, 5) is 17.5. The Labute approximate surface area is 171 Å². The normalized spacial score (nSPS) is 14.6. The fraction of sp³-hybridized carbons (Fsp3) is 0.409. The molecule has 0 unspecified atom stereocenters. The van der Waals surface area contributed by atoms with Crippen molar-refractivity contribution in [3.63, 3.8) is 0 Å². The molecule has 0 aliphatic carbocycles. The molecule has 1 amide bonds. The van der Waals surface area contributed by atoms with E-state index >= 15 is 0 Å². The number of benzene rings is 2. The molecule has 0 radical (unpaired) electrons. The Morgan fingerprint density at radius 1 is 1.10 bits per heavy atom. The van der Waals surface area contributed by atoms with Crippen LogP contribution in [0.25, 0.3) is 0 Å². The van der Waals surface area contributed by atoms with Gasteiger partial charge in [-0.1, -0.05) is 24.3 Å². The van der Waals surface area contributed by atoms with Crippen molar-refractivity contribution >= 4 is 17.5 Å². The number of piperazine rings is 1. The predicted molar refractivity (Wildman–Crippen MR) is 113 cm³/mol. The van der Waals surface area contributed by atoms with Gasteiger partial charge in [0, 0.05) is 32.7 Å². The third kappa shape index (κ3) is 5.38. The van der Waals surface area contributed by atoms with Gasteiger partial charge in [-0.15, -0.1) is 0 Å². The number of amides is 1. The Kier molecular flexibility index (Phi) is 7.30. The Balaban J connectivity index is 1.51. The number of carboxylic acid groups (broad SMARTS) is 1. The fourth-order valence-corrected chi connectivity index (χ4v) is 3.65. The average Bonchev–Trinajstić information content (AvgIpc) is 2.73. The number of rotatable bonds is 8. The van der Waals surface area contributed by atoms with E-state index in [1.807, 2.05) is 31.2 Å². The standard InChI is InChI=1S/C22H28FN3O3/c1-2-29-21-11-6-5-10-20(21)26(22(27)28)13-7-12-24-14-16-25(17-15-24)19-9-4-3-8-18(19)23/h3-6,8-11H,2,7,12-17H2,1H3,(H,27,28). The van der Waals surface area contributed by atoms with Gasteiger partial charge in [-0.2, -0.15) is 0 Å². The Morgan fingerprint density at radius 2 is 1.79 bits per heavy atom. The van der Waals surface area contributed by atoms with E-state index in [0.717, 1.165) is 32.7 Å². The summed E-state index contributed by atoms with van der Waals surface area (Å²) in [6.45, 7) is 6.74. The summed E-state index contributed by atoms with van der Waals surface area (Å²) in [5, 5.41) is 9.66. The predicted octanol–water partition coefficient (Wildman–Crippen LogP) is 3.92. The SMILES string of the molecule is CCOc1ccccc1N(CCCN1CCN(c2ccccc2F)CC1)C(=O)O. The maximum atomic E-state index is 14.0. The van der Waals surface area contributed by atoms with Gasteiger partial charge in [0.15, 0.2) is 0 Å². The van der Waals surface area contributed by atoms with Crippen LogP contribution in [0.1, 0.15) is 13.3 Å². The molecule has 0 aromatic heterocycles. The summed E-state index contributed by atoms with van der Waals surface area (Å²) in [5.41, 5.74) is 1.22. The number of hydrogen-bond acceptors (Lipinski definition) is 4. The van der Waals surface area contributed by atoms with E-state index in [-0.39, 0.29) is 5.82 Å². The highest BCUT2D eigenvalue weighted by Crippen LogP contribution is 2.28. The highest BCUT2D eigenvalue weighted by atomic mass is 19.1. The van der Waals surface area contributed by atoms with Gasteiger partial charge < -0.3 is 14.7 Å². The molecule has 1 fully saturated rings. The second-order valence-corrected chi connectivity index (χ2v) is 6.97. The van der Waals surface area contributed by atoms with E-state index in [1.54, 1.807) is 18.2 Å². The molecule has 29 heavy (non-hydrogen) atoms. The lowest BCUT2D eigenvalue weighted by molar-refractivity contribution is 0.200. The van der Waals surface area contributed by atoms with Crippen LogP contribution in [0.4, 0.5) is 20.6 Å². The number of hydrogen-bond donors (Lipinski definition) is 1. The molecule has 1 aliphatic rings. The van der Waals surface area contributed by atoms with Crippen molar-refractivity contribution in [1.82, 2.24) is 4.90 Å². The molecule has 0 spiro atoms. The summed E-state index contributed by atoms with van der Waals surface area (Å²) in [6.07, 6.45) is -0.270. The average molecular weight is 401 g/mol. The minimum absolute atomic E-state index is 0.189. The summed E-state index contributed by atoms with van der Waals surface area (Å²) in [7, 11) is 0. The smallest absolute Gasteiger partial charge is 0.411 e. The molecule has 1 aliphatic heterocycles. The lowest BCUT2D eigenvalue weighted by Gasteiger charge is -2.36. The molecule has 2 aromatic rings. The summed E-state index contributed by atoms with van der Waals surface area (Å²) in [6, 6.07) is 14.1. The maximum absolute atomic E-state index is 14.0. The molecular formula is C22H28FN3O3. The number of anilines is 2. The van der Waals surface area contributed by atoms with Crippen LogP contribution in [0, 0.1) is 5.82 Å². The van der Waals surface area contributed by atoms with Crippen molar-refractivity contribution in [2.45, 2.75) is 13.3 Å². The van der Waals surface area contributed by atoms with Crippen LogP contribution in [0.3, 0.4) is 0 Å². The van der Waals surface area contributed by atoms with Gasteiger partial charge in [0.05, 0.1) is 18.0 Å². The van der Waals surface area contributed by atoms with Crippen LogP contribution >= 0.6 is 0 Å². The topological polar surface area (TPSA) is 56.2 Å². The van der Waals surface area contributed by atoms with Crippen LogP contribution in [-0.2, 0) is 0 Å². The summed E-state index contributed by atoms with van der Waals surface area (Å²) in [5.74, 6) is 0.391. The van der Waals surface area contributed by atoms with Gasteiger partial charge >= 0.3 is 6.09 Å². The van der Waals surface area contributed by atoms with E-state index in [4.69, 9.17) is 4.74 Å². The van der Waals surface area contributed by atoms with Crippen LogP contribution in [0.15, 0.2) is 48.5 Å². The van der Waals surface area contributed by atoms with Crippen molar-refractivity contribution in [2.75, 3.05) is 55.7 Å². The Morgan fingerprint density at radius 3 is 2.48 bits per heavy atom. The molecule has 0 bridgehead atoms. The lowest BCUT2D eigenvalue weighted by Crippen LogP contribution is -2.47. The molecule has 7 heteroatoms.